The Morgan fingerprint density at radius 3 is 2.67 bits per heavy atom. The van der Waals surface area contributed by atoms with Crippen LogP contribution in [-0.2, 0) is 21.4 Å². The Hall–Kier alpha value is -2.52. The predicted molar refractivity (Wildman–Crippen MR) is 103 cm³/mol. The molecule has 142 valence electrons. The standard InChI is InChI=1S/C18H18N2O5S2/c1-13-7-8-15(25-12-14-5-3-2-4-6-14)11-16(13)27(23,24)20-9-10-26-17(19-22)18(20)21/h2-8,11,22H,9-10,12H2,1H3. The van der Waals surface area contributed by atoms with Gasteiger partial charge in [0.1, 0.15) is 12.4 Å². The monoisotopic (exact) mass is 406 g/mol. The van der Waals surface area contributed by atoms with Gasteiger partial charge in [-0.2, -0.15) is 0 Å². The van der Waals surface area contributed by atoms with Crippen molar-refractivity contribution in [3.05, 3.63) is 59.7 Å². The van der Waals surface area contributed by atoms with Crippen LogP contribution in [0.1, 0.15) is 11.1 Å². The smallest absolute Gasteiger partial charge is 0.296 e. The number of ether oxygens (including phenoxy) is 1. The number of sulfonamides is 1. The summed E-state index contributed by atoms with van der Waals surface area (Å²) < 4.78 is 32.5. The van der Waals surface area contributed by atoms with Crippen molar-refractivity contribution in [2.75, 3.05) is 12.3 Å². The topological polar surface area (TPSA) is 96.3 Å². The molecule has 1 saturated heterocycles. The Bertz CT molecular complexity index is 975. The Morgan fingerprint density at radius 1 is 1.22 bits per heavy atom. The van der Waals surface area contributed by atoms with E-state index in [1.54, 1.807) is 19.1 Å². The zero-order valence-corrected chi connectivity index (χ0v) is 16.2. The Balaban J connectivity index is 1.87. The molecule has 1 aliphatic heterocycles. The van der Waals surface area contributed by atoms with Gasteiger partial charge >= 0.3 is 0 Å². The molecule has 0 saturated carbocycles. The number of nitrogens with zero attached hydrogens (tertiary/aromatic N) is 2. The fourth-order valence-electron chi connectivity index (χ4n) is 2.60. The summed E-state index contributed by atoms with van der Waals surface area (Å²) in [5.41, 5.74) is 1.45. The van der Waals surface area contributed by atoms with E-state index in [-0.39, 0.29) is 16.5 Å². The van der Waals surface area contributed by atoms with E-state index in [9.17, 15) is 13.2 Å². The maximum absolute atomic E-state index is 13.0. The fraction of sp³-hybridized carbons (Fsp3) is 0.222. The summed E-state index contributed by atoms with van der Waals surface area (Å²) in [6.45, 7) is 1.96. The van der Waals surface area contributed by atoms with E-state index < -0.39 is 15.9 Å². The lowest BCUT2D eigenvalue weighted by Crippen LogP contribution is -2.45. The maximum atomic E-state index is 13.0. The summed E-state index contributed by atoms with van der Waals surface area (Å²) in [4.78, 5) is 12.3. The van der Waals surface area contributed by atoms with Crippen molar-refractivity contribution < 1.29 is 23.2 Å². The summed E-state index contributed by atoms with van der Waals surface area (Å²) in [6.07, 6.45) is 0. The number of amides is 1. The highest BCUT2D eigenvalue weighted by molar-refractivity contribution is 8.16. The molecule has 2 aromatic carbocycles. The van der Waals surface area contributed by atoms with Gasteiger partial charge in [0.15, 0.2) is 0 Å². The average Bonchev–Trinajstić information content (AvgIpc) is 2.68. The van der Waals surface area contributed by atoms with Crippen LogP contribution in [0.15, 0.2) is 58.6 Å². The SMILES string of the molecule is Cc1ccc(OCc2ccccc2)cc1S(=O)(=O)N1CCSC(=NO)C1=O. The third-order valence-corrected chi connectivity index (χ3v) is 6.85. The number of carbonyl (C=O) groups excluding carboxylic acids is 1. The van der Waals surface area contributed by atoms with Crippen molar-refractivity contribution in [2.45, 2.75) is 18.4 Å². The highest BCUT2D eigenvalue weighted by Crippen LogP contribution is 2.28. The van der Waals surface area contributed by atoms with Crippen LogP contribution in [-0.4, -0.2) is 41.2 Å². The van der Waals surface area contributed by atoms with Crippen LogP contribution in [0.2, 0.25) is 0 Å². The van der Waals surface area contributed by atoms with Gasteiger partial charge in [-0.25, -0.2) is 12.7 Å². The lowest BCUT2D eigenvalue weighted by atomic mass is 10.2. The number of hydrogen-bond acceptors (Lipinski definition) is 7. The van der Waals surface area contributed by atoms with Gasteiger partial charge in [0, 0.05) is 18.4 Å². The van der Waals surface area contributed by atoms with Crippen LogP contribution in [0.5, 0.6) is 5.75 Å². The molecule has 0 spiro atoms. The molecule has 0 aromatic heterocycles. The second kappa shape index (κ2) is 8.01. The Labute approximate surface area is 161 Å². The molecule has 27 heavy (non-hydrogen) atoms. The molecule has 1 heterocycles. The van der Waals surface area contributed by atoms with Gasteiger partial charge in [-0.3, -0.25) is 4.79 Å². The second-order valence-electron chi connectivity index (χ2n) is 5.84. The largest absolute Gasteiger partial charge is 0.489 e. The summed E-state index contributed by atoms with van der Waals surface area (Å²) in [5, 5.41) is 11.5. The molecule has 2 aromatic rings. The summed E-state index contributed by atoms with van der Waals surface area (Å²) in [6, 6.07) is 14.2. The minimum absolute atomic E-state index is 0.00870. The van der Waals surface area contributed by atoms with Gasteiger partial charge in [-0.1, -0.05) is 53.3 Å². The van der Waals surface area contributed by atoms with Crippen LogP contribution >= 0.6 is 11.8 Å². The summed E-state index contributed by atoms with van der Waals surface area (Å²) in [5.74, 6) is -0.116. The van der Waals surface area contributed by atoms with Gasteiger partial charge in [-0.05, 0) is 24.1 Å². The average molecular weight is 406 g/mol. The lowest BCUT2D eigenvalue weighted by Gasteiger charge is -2.26. The lowest BCUT2D eigenvalue weighted by molar-refractivity contribution is -0.119. The van der Waals surface area contributed by atoms with E-state index in [1.165, 1.54) is 6.07 Å². The molecule has 3 rings (SSSR count). The molecule has 9 heteroatoms. The van der Waals surface area contributed by atoms with Gasteiger partial charge in [0.25, 0.3) is 15.9 Å². The summed E-state index contributed by atoms with van der Waals surface area (Å²) in [7, 11) is -4.09. The molecular weight excluding hydrogens is 388 g/mol. The van der Waals surface area contributed by atoms with Crippen molar-refractivity contribution in [1.82, 2.24) is 4.31 Å². The molecule has 1 aliphatic rings. The van der Waals surface area contributed by atoms with Gasteiger partial charge in [0.05, 0.1) is 4.90 Å². The van der Waals surface area contributed by atoms with E-state index in [0.717, 1.165) is 21.6 Å². The third kappa shape index (κ3) is 4.09. The van der Waals surface area contributed by atoms with Gasteiger partial charge in [0.2, 0.25) is 5.04 Å². The molecule has 1 fully saturated rings. The third-order valence-electron chi connectivity index (χ3n) is 4.01. The normalized spacial score (nSPS) is 16.6. The van der Waals surface area contributed by atoms with E-state index in [2.05, 4.69) is 5.16 Å². The summed E-state index contributed by atoms with van der Waals surface area (Å²) >= 11 is 1.02. The second-order valence-corrected chi connectivity index (χ2v) is 8.75. The first kappa shape index (κ1) is 19.2. The highest BCUT2D eigenvalue weighted by Gasteiger charge is 2.36. The molecule has 0 atom stereocenters. The Kier molecular flexibility index (Phi) is 5.71. The maximum Gasteiger partial charge on any atom is 0.296 e. The van der Waals surface area contributed by atoms with Crippen LogP contribution in [0.4, 0.5) is 0 Å². The molecule has 0 aliphatic carbocycles. The van der Waals surface area contributed by atoms with Gasteiger partial charge in [-0.15, -0.1) is 0 Å². The number of thioether (sulfide) groups is 1. The van der Waals surface area contributed by atoms with Crippen molar-refractivity contribution in [3.8, 4) is 5.75 Å². The number of benzene rings is 2. The zero-order chi connectivity index (χ0) is 19.4. The van der Waals surface area contributed by atoms with Crippen molar-refractivity contribution in [3.63, 3.8) is 0 Å². The molecule has 1 N–H and O–H groups in total. The van der Waals surface area contributed by atoms with Crippen LogP contribution in [0.25, 0.3) is 0 Å². The minimum Gasteiger partial charge on any atom is -0.489 e. The fourth-order valence-corrected chi connectivity index (χ4v) is 5.15. The molecule has 0 bridgehead atoms. The molecule has 0 unspecified atom stereocenters. The minimum atomic E-state index is -4.09. The zero-order valence-electron chi connectivity index (χ0n) is 14.5. The first-order chi connectivity index (χ1) is 12.9. The number of carbonyl (C=O) groups is 1. The van der Waals surface area contributed by atoms with E-state index in [1.807, 2.05) is 30.3 Å². The predicted octanol–water partition coefficient (Wildman–Crippen LogP) is 2.63. The van der Waals surface area contributed by atoms with Crippen molar-refractivity contribution >= 4 is 32.7 Å². The first-order valence-electron chi connectivity index (χ1n) is 8.13. The highest BCUT2D eigenvalue weighted by atomic mass is 32.2. The molecule has 0 radical (unpaired) electrons. The molecular formula is C18H18N2O5S2. The van der Waals surface area contributed by atoms with Crippen LogP contribution in [0, 0.1) is 6.92 Å². The number of oxime groups is 1. The van der Waals surface area contributed by atoms with Crippen LogP contribution in [0.3, 0.4) is 0 Å². The van der Waals surface area contributed by atoms with E-state index in [4.69, 9.17) is 9.94 Å². The number of rotatable bonds is 5. The van der Waals surface area contributed by atoms with Gasteiger partial charge < -0.3 is 9.94 Å². The van der Waals surface area contributed by atoms with E-state index >= 15 is 0 Å². The van der Waals surface area contributed by atoms with E-state index in [0.29, 0.717) is 23.7 Å². The number of aryl methyl sites for hydroxylation is 1. The molecule has 7 nitrogen and oxygen atoms in total. The molecule has 1 amide bonds. The Morgan fingerprint density at radius 2 is 1.96 bits per heavy atom. The quantitative estimate of drug-likeness (QED) is 0.606. The number of hydrogen-bond donors (Lipinski definition) is 1. The first-order valence-corrected chi connectivity index (χ1v) is 10.6. The van der Waals surface area contributed by atoms with Crippen molar-refractivity contribution in [2.24, 2.45) is 5.16 Å². The van der Waals surface area contributed by atoms with Crippen molar-refractivity contribution in [1.29, 1.82) is 0 Å². The van der Waals surface area contributed by atoms with Crippen LogP contribution < -0.4 is 4.74 Å².